The van der Waals surface area contributed by atoms with Crippen LogP contribution in [0.3, 0.4) is 0 Å². The third-order valence-electron chi connectivity index (χ3n) is 4.49. The average Bonchev–Trinajstić information content (AvgIpc) is 3.00. The van der Waals surface area contributed by atoms with Gasteiger partial charge in [0.15, 0.2) is 0 Å². The van der Waals surface area contributed by atoms with Crippen molar-refractivity contribution in [1.29, 1.82) is 0 Å². The molecule has 0 bridgehead atoms. The summed E-state index contributed by atoms with van der Waals surface area (Å²) >= 11 is 0. The van der Waals surface area contributed by atoms with E-state index in [1.165, 1.54) is 44.1 Å². The molecule has 23 heavy (non-hydrogen) atoms. The molecule has 1 heterocycles. The van der Waals surface area contributed by atoms with Crippen molar-refractivity contribution in [3.8, 4) is 0 Å². The summed E-state index contributed by atoms with van der Waals surface area (Å²) in [7, 11) is -0.486. The highest BCUT2D eigenvalue weighted by atomic mass is 32.2. The van der Waals surface area contributed by atoms with E-state index >= 15 is 0 Å². The molecule has 1 aromatic carbocycles. The van der Waals surface area contributed by atoms with Gasteiger partial charge in [-0.1, -0.05) is 0 Å². The maximum Gasteiger partial charge on any atom is 0.251 e. The van der Waals surface area contributed by atoms with Crippen molar-refractivity contribution in [2.24, 2.45) is 0 Å². The minimum atomic E-state index is -3.46. The highest BCUT2D eigenvalue weighted by molar-refractivity contribution is 7.89. The largest absolute Gasteiger partial charge is 0.346 e. The number of amides is 1. The van der Waals surface area contributed by atoms with Gasteiger partial charge in [-0.3, -0.25) is 4.79 Å². The Labute approximate surface area is 138 Å². The lowest BCUT2D eigenvalue weighted by atomic mass is 10.2. The molecule has 1 saturated heterocycles. The smallest absolute Gasteiger partial charge is 0.251 e. The van der Waals surface area contributed by atoms with E-state index < -0.39 is 10.0 Å². The van der Waals surface area contributed by atoms with Crippen LogP contribution in [0.15, 0.2) is 29.2 Å². The Hall–Kier alpha value is -1.44. The normalized spacial score (nSPS) is 21.6. The van der Waals surface area contributed by atoms with E-state index in [4.69, 9.17) is 0 Å². The van der Waals surface area contributed by atoms with Gasteiger partial charge in [-0.2, -0.15) is 0 Å². The van der Waals surface area contributed by atoms with E-state index in [9.17, 15) is 13.2 Å². The number of benzene rings is 1. The van der Waals surface area contributed by atoms with Crippen LogP contribution in [0.25, 0.3) is 0 Å². The average molecular weight is 340 g/mol. The number of carbonyl (C=O) groups excluding carboxylic acids is 1. The van der Waals surface area contributed by atoms with Gasteiger partial charge >= 0.3 is 0 Å². The van der Waals surface area contributed by atoms with Crippen LogP contribution in [0, 0.1) is 0 Å². The molecule has 0 aromatic heterocycles. The Morgan fingerprint density at radius 1 is 1.30 bits per heavy atom. The molecule has 1 aliphatic heterocycles. The van der Waals surface area contributed by atoms with Crippen molar-refractivity contribution in [3.63, 3.8) is 0 Å². The van der Waals surface area contributed by atoms with E-state index in [0.29, 0.717) is 18.2 Å². The first kappa shape index (κ1) is 17.9. The summed E-state index contributed by atoms with van der Waals surface area (Å²) in [5.41, 5.74) is 0.485. The van der Waals surface area contributed by atoms with E-state index in [1.807, 2.05) is 0 Å². The van der Waals surface area contributed by atoms with Crippen LogP contribution < -0.4 is 10.2 Å². The summed E-state index contributed by atoms with van der Waals surface area (Å²) in [6, 6.07) is 6.56. The Morgan fingerprint density at radius 2 is 1.96 bits per heavy atom. The van der Waals surface area contributed by atoms with Gasteiger partial charge in [-0.05, 0) is 31.2 Å². The fraction of sp³-hybridized carbons (Fsp3) is 0.562. The van der Waals surface area contributed by atoms with Crippen LogP contribution in [0.2, 0.25) is 0 Å². The number of quaternary nitrogens is 1. The first-order valence-corrected chi connectivity index (χ1v) is 9.45. The number of rotatable bonds is 6. The first-order valence-electron chi connectivity index (χ1n) is 8.01. The SMILES string of the molecule is CC[NH+]1CCC[C@@H]1CNC(=O)c1ccc(S(=O)(=O)N(C)C)cc1. The Bertz CT molecular complexity index is 641. The van der Waals surface area contributed by atoms with Crippen LogP contribution in [0.5, 0.6) is 0 Å². The number of likely N-dealkylation sites (N-methyl/N-ethyl adjacent to an activating group) is 1. The Morgan fingerprint density at radius 3 is 2.52 bits per heavy atom. The lowest BCUT2D eigenvalue weighted by Crippen LogP contribution is -3.14. The van der Waals surface area contributed by atoms with E-state index in [1.54, 1.807) is 12.1 Å². The van der Waals surface area contributed by atoms with Gasteiger partial charge in [-0.15, -0.1) is 0 Å². The molecule has 1 amide bonds. The maximum atomic E-state index is 12.2. The molecule has 1 aromatic rings. The minimum absolute atomic E-state index is 0.152. The van der Waals surface area contributed by atoms with Crippen LogP contribution >= 0.6 is 0 Å². The Balaban J connectivity index is 1.98. The van der Waals surface area contributed by atoms with Crippen molar-refractivity contribution >= 4 is 15.9 Å². The number of hydrogen-bond donors (Lipinski definition) is 2. The first-order chi connectivity index (χ1) is 10.9. The molecule has 1 aliphatic rings. The third kappa shape index (κ3) is 4.10. The molecule has 0 spiro atoms. The molecule has 128 valence electrons. The molecule has 2 rings (SSSR count). The molecule has 0 saturated carbocycles. The van der Waals surface area contributed by atoms with Crippen LogP contribution in [-0.2, 0) is 10.0 Å². The number of carbonyl (C=O) groups is 1. The highest BCUT2D eigenvalue weighted by Gasteiger charge is 2.27. The number of nitrogens with one attached hydrogen (secondary N) is 2. The number of nitrogens with zero attached hydrogens (tertiary/aromatic N) is 1. The molecule has 6 nitrogen and oxygen atoms in total. The summed E-state index contributed by atoms with van der Waals surface area (Å²) in [5.74, 6) is -0.152. The highest BCUT2D eigenvalue weighted by Crippen LogP contribution is 2.14. The second-order valence-electron chi connectivity index (χ2n) is 6.12. The predicted octanol–water partition coefficient (Wildman–Crippen LogP) is -0.266. The number of likely N-dealkylation sites (tertiary alicyclic amines) is 1. The lowest BCUT2D eigenvalue weighted by Gasteiger charge is -2.20. The van der Waals surface area contributed by atoms with E-state index in [2.05, 4.69) is 12.2 Å². The summed E-state index contributed by atoms with van der Waals surface area (Å²) < 4.78 is 25.2. The van der Waals surface area contributed by atoms with Gasteiger partial charge in [0.05, 0.1) is 24.5 Å². The second kappa shape index (κ2) is 7.42. The van der Waals surface area contributed by atoms with Gasteiger partial charge in [0.25, 0.3) is 5.91 Å². The molecule has 0 radical (unpaired) electrons. The van der Waals surface area contributed by atoms with Gasteiger partial charge in [-0.25, -0.2) is 12.7 Å². The lowest BCUT2D eigenvalue weighted by molar-refractivity contribution is -0.909. The summed E-state index contributed by atoms with van der Waals surface area (Å²) in [6.07, 6.45) is 2.35. The molecule has 7 heteroatoms. The van der Waals surface area contributed by atoms with Gasteiger partial charge in [0.2, 0.25) is 10.0 Å². The summed E-state index contributed by atoms with van der Waals surface area (Å²) in [6.45, 7) is 5.09. The molecule has 2 atom stereocenters. The topological polar surface area (TPSA) is 70.9 Å². The third-order valence-corrected chi connectivity index (χ3v) is 6.32. The second-order valence-corrected chi connectivity index (χ2v) is 8.27. The zero-order valence-electron chi connectivity index (χ0n) is 14.0. The van der Waals surface area contributed by atoms with Crippen LogP contribution in [-0.4, -0.2) is 58.4 Å². The monoisotopic (exact) mass is 340 g/mol. The minimum Gasteiger partial charge on any atom is -0.346 e. The quantitative estimate of drug-likeness (QED) is 0.749. The maximum absolute atomic E-state index is 12.2. The Kier molecular flexibility index (Phi) is 5.78. The zero-order chi connectivity index (χ0) is 17.0. The molecule has 2 N–H and O–H groups in total. The van der Waals surface area contributed by atoms with Crippen molar-refractivity contribution in [2.75, 3.05) is 33.7 Å². The molecule has 0 aliphatic carbocycles. The molecular weight excluding hydrogens is 314 g/mol. The van der Waals surface area contributed by atoms with Crippen LogP contribution in [0.1, 0.15) is 30.1 Å². The standard InChI is InChI=1S/C16H25N3O3S/c1-4-19-11-5-6-14(19)12-17-16(20)13-7-9-15(10-8-13)23(21,22)18(2)3/h7-10,14H,4-6,11-12H2,1-3H3,(H,17,20)/p+1/t14-/m1/s1. The fourth-order valence-electron chi connectivity index (χ4n) is 3.00. The van der Waals surface area contributed by atoms with E-state index in [0.717, 1.165) is 17.3 Å². The molecular formula is C16H26N3O3S+. The van der Waals surface area contributed by atoms with Gasteiger partial charge < -0.3 is 10.2 Å². The van der Waals surface area contributed by atoms with Crippen molar-refractivity contribution in [2.45, 2.75) is 30.7 Å². The fourth-order valence-corrected chi connectivity index (χ4v) is 3.90. The van der Waals surface area contributed by atoms with Crippen molar-refractivity contribution in [3.05, 3.63) is 29.8 Å². The molecule has 1 fully saturated rings. The summed E-state index contributed by atoms with van der Waals surface area (Å²) in [4.78, 5) is 13.9. The van der Waals surface area contributed by atoms with Crippen molar-refractivity contribution in [1.82, 2.24) is 9.62 Å². The predicted molar refractivity (Wildman–Crippen MR) is 89.0 cm³/mol. The van der Waals surface area contributed by atoms with Gasteiger partial charge in [0, 0.05) is 32.5 Å². The zero-order valence-corrected chi connectivity index (χ0v) is 14.8. The summed E-state index contributed by atoms with van der Waals surface area (Å²) in [5, 5.41) is 2.97. The number of hydrogen-bond acceptors (Lipinski definition) is 3. The van der Waals surface area contributed by atoms with E-state index in [-0.39, 0.29) is 10.8 Å². The van der Waals surface area contributed by atoms with Gasteiger partial charge in [0.1, 0.15) is 6.04 Å². The molecule has 1 unspecified atom stereocenters. The van der Waals surface area contributed by atoms with Crippen LogP contribution in [0.4, 0.5) is 0 Å². The van der Waals surface area contributed by atoms with Crippen molar-refractivity contribution < 1.29 is 18.1 Å². The number of sulfonamides is 1.